The summed E-state index contributed by atoms with van der Waals surface area (Å²) in [7, 11) is 0. The molecule has 0 unspecified atom stereocenters. The molecular formula is C15H21N3O2. The smallest absolute Gasteiger partial charge is 0.252 e. The summed E-state index contributed by atoms with van der Waals surface area (Å²) in [5.74, 6) is 0.780. The Morgan fingerprint density at radius 3 is 2.60 bits per heavy atom. The van der Waals surface area contributed by atoms with Gasteiger partial charge >= 0.3 is 0 Å². The number of aliphatic hydroxyl groups is 1. The van der Waals surface area contributed by atoms with Crippen LogP contribution < -0.4 is 10.2 Å². The first-order valence-electron chi connectivity index (χ1n) is 7.38. The fourth-order valence-electron chi connectivity index (χ4n) is 2.76. The molecule has 108 valence electrons. The quantitative estimate of drug-likeness (QED) is 0.870. The lowest BCUT2D eigenvalue weighted by molar-refractivity contribution is -0.0300. The van der Waals surface area contributed by atoms with Crippen LogP contribution in [-0.4, -0.2) is 41.2 Å². The van der Waals surface area contributed by atoms with E-state index in [-0.39, 0.29) is 5.91 Å². The van der Waals surface area contributed by atoms with Crippen LogP contribution in [0.1, 0.15) is 42.5 Å². The number of aromatic nitrogens is 1. The number of anilines is 1. The number of pyridine rings is 1. The lowest BCUT2D eigenvalue weighted by Crippen LogP contribution is -2.47. The van der Waals surface area contributed by atoms with Crippen LogP contribution in [0.3, 0.4) is 0 Å². The molecule has 2 aliphatic rings. The van der Waals surface area contributed by atoms with E-state index in [0.717, 1.165) is 38.2 Å². The zero-order valence-electron chi connectivity index (χ0n) is 11.6. The fraction of sp³-hybridized carbons (Fsp3) is 0.600. The summed E-state index contributed by atoms with van der Waals surface area (Å²) in [4.78, 5) is 18.6. The summed E-state index contributed by atoms with van der Waals surface area (Å²) in [5.41, 5.74) is -0.130. The molecule has 1 aliphatic carbocycles. The van der Waals surface area contributed by atoms with Gasteiger partial charge in [-0.2, -0.15) is 0 Å². The molecule has 5 heteroatoms. The van der Waals surface area contributed by atoms with Crippen LogP contribution in [0.5, 0.6) is 0 Å². The third-order valence-corrected chi connectivity index (χ3v) is 4.30. The third kappa shape index (κ3) is 2.77. The van der Waals surface area contributed by atoms with Gasteiger partial charge in [0.15, 0.2) is 0 Å². The molecule has 1 aliphatic heterocycles. The van der Waals surface area contributed by atoms with Crippen LogP contribution in [0.25, 0.3) is 0 Å². The molecule has 0 spiro atoms. The normalized spacial score (nSPS) is 20.6. The van der Waals surface area contributed by atoms with Gasteiger partial charge in [-0.05, 0) is 44.2 Å². The Labute approximate surface area is 119 Å². The number of carbonyl (C=O) groups excluding carboxylic acids is 1. The van der Waals surface area contributed by atoms with E-state index in [9.17, 15) is 9.90 Å². The maximum Gasteiger partial charge on any atom is 0.252 e. The topological polar surface area (TPSA) is 65.5 Å². The van der Waals surface area contributed by atoms with Gasteiger partial charge in [-0.15, -0.1) is 0 Å². The molecule has 2 heterocycles. The highest BCUT2D eigenvalue weighted by Crippen LogP contribution is 2.30. The molecule has 0 atom stereocenters. The summed E-state index contributed by atoms with van der Waals surface area (Å²) in [6.07, 6.45) is 6.64. The molecule has 1 saturated heterocycles. The van der Waals surface area contributed by atoms with Crippen LogP contribution >= 0.6 is 0 Å². The predicted octanol–water partition coefficient (Wildman–Crippen LogP) is 1.33. The standard InChI is InChI=1S/C15H21N3O2/c19-14(17-11-15(20)6-3-7-15)12-4-5-13(16-10-12)18-8-1-2-9-18/h4-5,10,20H,1-3,6-9,11H2,(H,17,19). The number of amides is 1. The van der Waals surface area contributed by atoms with Crippen LogP contribution in [-0.2, 0) is 0 Å². The molecule has 0 bridgehead atoms. The van der Waals surface area contributed by atoms with Crippen molar-refractivity contribution in [1.29, 1.82) is 0 Å². The Balaban J connectivity index is 1.57. The monoisotopic (exact) mass is 275 g/mol. The molecule has 1 aromatic rings. The van der Waals surface area contributed by atoms with Crippen molar-refractivity contribution in [2.24, 2.45) is 0 Å². The summed E-state index contributed by atoms with van der Waals surface area (Å²) in [5, 5.41) is 12.7. The minimum atomic E-state index is -0.682. The van der Waals surface area contributed by atoms with Crippen molar-refractivity contribution >= 4 is 11.7 Å². The Morgan fingerprint density at radius 1 is 1.30 bits per heavy atom. The summed E-state index contributed by atoms with van der Waals surface area (Å²) in [6.45, 7) is 2.43. The lowest BCUT2D eigenvalue weighted by Gasteiger charge is -2.36. The fourth-order valence-corrected chi connectivity index (χ4v) is 2.76. The minimum absolute atomic E-state index is 0.161. The van der Waals surface area contributed by atoms with E-state index in [0.29, 0.717) is 12.1 Å². The van der Waals surface area contributed by atoms with Gasteiger partial charge in [-0.3, -0.25) is 4.79 Å². The largest absolute Gasteiger partial charge is 0.388 e. The van der Waals surface area contributed by atoms with Crippen LogP contribution in [0.2, 0.25) is 0 Å². The SMILES string of the molecule is O=C(NCC1(O)CCC1)c1ccc(N2CCCC2)nc1. The van der Waals surface area contributed by atoms with Crippen molar-refractivity contribution in [2.75, 3.05) is 24.5 Å². The van der Waals surface area contributed by atoms with E-state index < -0.39 is 5.60 Å². The first-order chi connectivity index (χ1) is 9.66. The van der Waals surface area contributed by atoms with Gasteiger partial charge in [0.2, 0.25) is 0 Å². The van der Waals surface area contributed by atoms with E-state index >= 15 is 0 Å². The van der Waals surface area contributed by atoms with E-state index in [1.54, 1.807) is 12.3 Å². The number of rotatable bonds is 4. The van der Waals surface area contributed by atoms with E-state index in [1.165, 1.54) is 12.8 Å². The molecule has 0 aromatic carbocycles. The number of hydrogen-bond acceptors (Lipinski definition) is 4. The molecule has 0 radical (unpaired) electrons. The van der Waals surface area contributed by atoms with Crippen molar-refractivity contribution in [3.05, 3.63) is 23.9 Å². The maximum atomic E-state index is 12.0. The van der Waals surface area contributed by atoms with Gasteiger partial charge in [0.25, 0.3) is 5.91 Å². The van der Waals surface area contributed by atoms with Crippen molar-refractivity contribution in [2.45, 2.75) is 37.7 Å². The average Bonchev–Trinajstić information content (AvgIpc) is 2.97. The first kappa shape index (κ1) is 13.4. The van der Waals surface area contributed by atoms with Crippen molar-refractivity contribution in [1.82, 2.24) is 10.3 Å². The molecule has 2 N–H and O–H groups in total. The Hall–Kier alpha value is -1.62. The van der Waals surface area contributed by atoms with Gasteiger partial charge in [-0.1, -0.05) is 0 Å². The molecule has 1 aromatic heterocycles. The molecule has 2 fully saturated rings. The third-order valence-electron chi connectivity index (χ3n) is 4.30. The first-order valence-corrected chi connectivity index (χ1v) is 7.38. The molecule has 1 amide bonds. The second-order valence-corrected chi connectivity index (χ2v) is 5.86. The average molecular weight is 275 g/mol. The Bertz CT molecular complexity index is 476. The van der Waals surface area contributed by atoms with Gasteiger partial charge in [-0.25, -0.2) is 4.98 Å². The Morgan fingerprint density at radius 2 is 2.05 bits per heavy atom. The second kappa shape index (κ2) is 5.40. The zero-order chi connectivity index (χ0) is 14.0. The molecule has 20 heavy (non-hydrogen) atoms. The highest BCUT2D eigenvalue weighted by Gasteiger charge is 2.34. The summed E-state index contributed by atoms with van der Waals surface area (Å²) < 4.78 is 0. The number of nitrogens with zero attached hydrogens (tertiary/aromatic N) is 2. The highest BCUT2D eigenvalue weighted by atomic mass is 16.3. The van der Waals surface area contributed by atoms with Gasteiger partial charge in [0, 0.05) is 25.8 Å². The molecular weight excluding hydrogens is 254 g/mol. The van der Waals surface area contributed by atoms with Crippen LogP contribution in [0.4, 0.5) is 5.82 Å². The number of hydrogen-bond donors (Lipinski definition) is 2. The lowest BCUT2D eigenvalue weighted by atomic mass is 9.80. The van der Waals surface area contributed by atoms with Crippen molar-refractivity contribution in [3.63, 3.8) is 0 Å². The van der Waals surface area contributed by atoms with Gasteiger partial charge < -0.3 is 15.3 Å². The maximum absolute atomic E-state index is 12.0. The summed E-state index contributed by atoms with van der Waals surface area (Å²) in [6, 6.07) is 3.71. The minimum Gasteiger partial charge on any atom is -0.388 e. The number of nitrogens with one attached hydrogen (secondary N) is 1. The Kier molecular flexibility index (Phi) is 3.61. The van der Waals surface area contributed by atoms with E-state index in [2.05, 4.69) is 15.2 Å². The molecule has 3 rings (SSSR count). The van der Waals surface area contributed by atoms with Crippen molar-refractivity contribution in [3.8, 4) is 0 Å². The molecule has 5 nitrogen and oxygen atoms in total. The van der Waals surface area contributed by atoms with Crippen LogP contribution in [0.15, 0.2) is 18.3 Å². The zero-order valence-corrected chi connectivity index (χ0v) is 11.6. The number of carbonyl (C=O) groups is 1. The van der Waals surface area contributed by atoms with Gasteiger partial charge in [0.05, 0.1) is 11.2 Å². The van der Waals surface area contributed by atoms with Gasteiger partial charge in [0.1, 0.15) is 5.82 Å². The van der Waals surface area contributed by atoms with E-state index in [4.69, 9.17) is 0 Å². The van der Waals surface area contributed by atoms with Crippen molar-refractivity contribution < 1.29 is 9.90 Å². The molecule has 1 saturated carbocycles. The summed E-state index contributed by atoms with van der Waals surface area (Å²) >= 11 is 0. The highest BCUT2D eigenvalue weighted by molar-refractivity contribution is 5.94. The predicted molar refractivity (Wildman–Crippen MR) is 76.8 cm³/mol. The second-order valence-electron chi connectivity index (χ2n) is 5.86. The van der Waals surface area contributed by atoms with Crippen LogP contribution in [0, 0.1) is 0 Å². The van der Waals surface area contributed by atoms with E-state index in [1.807, 2.05) is 6.07 Å².